The summed E-state index contributed by atoms with van der Waals surface area (Å²) in [5, 5.41) is 1.42. The van der Waals surface area contributed by atoms with Gasteiger partial charge in [-0.05, 0) is 0 Å². The van der Waals surface area contributed by atoms with Crippen molar-refractivity contribution in [3.05, 3.63) is 75.8 Å². The molecular weight excluding hydrogens is 818 g/mol. The summed E-state index contributed by atoms with van der Waals surface area (Å²) in [6.07, 6.45) is 14.4. The van der Waals surface area contributed by atoms with Gasteiger partial charge >= 0.3 is 319 Å². The van der Waals surface area contributed by atoms with Gasteiger partial charge in [-0.15, -0.1) is 0 Å². The maximum absolute atomic E-state index is 4.90. The Labute approximate surface area is 316 Å². The molecule has 2 aliphatic rings. The van der Waals surface area contributed by atoms with Gasteiger partial charge in [-0.3, -0.25) is 0 Å². The molecule has 3 rings (SSSR count). The summed E-state index contributed by atoms with van der Waals surface area (Å²) in [6, 6.07) is 5.98. The Hall–Kier alpha value is 0.721. The van der Waals surface area contributed by atoms with E-state index in [1.807, 2.05) is 21.1 Å². The number of hydrogen-bond acceptors (Lipinski definition) is 0. The van der Waals surface area contributed by atoms with Gasteiger partial charge in [-0.25, -0.2) is 0 Å². The molecule has 0 spiro atoms. The normalized spacial score (nSPS) is 21.7. The molecule has 270 valence electrons. The van der Waals surface area contributed by atoms with Gasteiger partial charge in [-0.2, -0.15) is 0 Å². The molecule has 9 heteroatoms. The van der Waals surface area contributed by atoms with E-state index in [0.29, 0.717) is 19.4 Å². The van der Waals surface area contributed by atoms with Crippen molar-refractivity contribution >= 4 is 86.3 Å². The summed E-state index contributed by atoms with van der Waals surface area (Å²) >= 11 is 1.82. The Bertz CT molecular complexity index is 1370. The predicted molar refractivity (Wildman–Crippen MR) is 251 cm³/mol. The molecular formula is C39H75BrGeSi7. The van der Waals surface area contributed by atoms with Gasteiger partial charge in [0.25, 0.3) is 0 Å². The summed E-state index contributed by atoms with van der Waals surface area (Å²) in [4.78, 5) is 2.77. The van der Waals surface area contributed by atoms with E-state index < -0.39 is 67.9 Å². The molecule has 2 atom stereocenters. The third-order valence-corrected chi connectivity index (χ3v) is 64.5. The summed E-state index contributed by atoms with van der Waals surface area (Å²) in [6.45, 7) is 57.3. The molecule has 2 unspecified atom stereocenters. The first kappa shape index (κ1) is 43.1. The summed E-state index contributed by atoms with van der Waals surface area (Å²) in [5.74, 6) is 0. The van der Waals surface area contributed by atoms with Crippen LogP contribution in [0.25, 0.3) is 0 Å². The number of halogens is 1. The van der Waals surface area contributed by atoms with Gasteiger partial charge < -0.3 is 0 Å². The van der Waals surface area contributed by atoms with Crippen molar-refractivity contribution in [3.8, 4) is 0 Å². The summed E-state index contributed by atoms with van der Waals surface area (Å²) in [5.41, 5.74) is 7.02. The fourth-order valence-electron chi connectivity index (χ4n) is 12.7. The first-order chi connectivity index (χ1) is 21.1. The van der Waals surface area contributed by atoms with Gasteiger partial charge in [-0.1, -0.05) is 0 Å². The fourth-order valence-corrected chi connectivity index (χ4v) is 81.9. The van der Waals surface area contributed by atoms with Crippen LogP contribution in [0.5, 0.6) is 0 Å². The van der Waals surface area contributed by atoms with Crippen molar-refractivity contribution in [2.24, 2.45) is 0 Å². The maximum atomic E-state index is 4.90. The molecule has 1 heterocycles. The van der Waals surface area contributed by atoms with Crippen LogP contribution in [0.15, 0.2) is 59.1 Å². The average molecular weight is 893 g/mol. The van der Waals surface area contributed by atoms with Crippen LogP contribution in [0, 0.1) is 0 Å². The molecule has 1 aromatic rings. The number of fused-ring (bicyclic) bond motifs is 1. The van der Waals surface area contributed by atoms with E-state index in [4.69, 9.17) is 14.0 Å². The Kier molecular flexibility index (Phi) is 12.2. The van der Waals surface area contributed by atoms with Crippen LogP contribution in [0.1, 0.15) is 27.0 Å². The molecule has 0 nitrogen and oxygen atoms in total. The van der Waals surface area contributed by atoms with Crippen molar-refractivity contribution in [2.75, 3.05) is 0 Å². The number of benzene rings is 1. The van der Waals surface area contributed by atoms with Gasteiger partial charge in [0, 0.05) is 0 Å². The third kappa shape index (κ3) is 7.82. The Morgan fingerprint density at radius 1 is 0.562 bits per heavy atom. The molecule has 0 saturated carbocycles. The second-order valence-electron chi connectivity index (χ2n) is 22.9. The van der Waals surface area contributed by atoms with Crippen molar-refractivity contribution in [1.82, 2.24) is 0 Å². The van der Waals surface area contributed by atoms with E-state index in [0.717, 1.165) is 0 Å². The van der Waals surface area contributed by atoms with E-state index in [9.17, 15) is 0 Å². The van der Waals surface area contributed by atoms with E-state index in [1.165, 1.54) is 5.57 Å². The minimum atomic E-state index is -3.08. The zero-order chi connectivity index (χ0) is 37.5. The zero-order valence-electron chi connectivity index (χ0n) is 35.3. The molecule has 1 aliphatic carbocycles. The Morgan fingerprint density at radius 2 is 0.938 bits per heavy atom. The topological polar surface area (TPSA) is 0 Å². The first-order valence-corrected chi connectivity index (χ1v) is 52.0. The second kappa shape index (κ2) is 13.5. The summed E-state index contributed by atoms with van der Waals surface area (Å²) in [7, 11) is -11.7. The molecule has 1 aliphatic heterocycles. The minimum absolute atomic E-state index is 0.358. The van der Waals surface area contributed by atoms with Crippen LogP contribution in [-0.4, -0.2) is 67.9 Å². The fraction of sp³-hybridized carbons (Fsp3) is 0.641. The average Bonchev–Trinajstić information content (AvgIpc) is 2.93. The quantitative estimate of drug-likeness (QED) is 0.194. The van der Waals surface area contributed by atoms with Gasteiger partial charge in [0.05, 0.1) is 0 Å². The van der Waals surface area contributed by atoms with Gasteiger partial charge in [0.1, 0.15) is 0 Å². The number of hydrogen-bond donors (Lipinski definition) is 0. The van der Waals surface area contributed by atoms with Crippen molar-refractivity contribution in [3.63, 3.8) is 0 Å². The van der Waals surface area contributed by atoms with Gasteiger partial charge in [0.2, 0.25) is 0 Å². The molecule has 0 saturated heterocycles. The standard InChI is InChI=1S/C39H75BrGeSi7/c1-42(2,3)37(43(4,5)6)33-29-32(39(46(13,14)15,47(16,17)18)48(19,20)21)30-34(38(44(7,8)9)45(10,11)12)36(33)41(40)28-27-31-25-23-22-24-26-35(31)41/h22-30,35,37-38H,1-21H3. The number of allylic oxidation sites excluding steroid dienone is 7. The monoisotopic (exact) mass is 892 g/mol. The first-order valence-electron chi connectivity index (χ1n) is 18.8. The second-order valence-corrected chi connectivity index (χ2v) is 75.6. The van der Waals surface area contributed by atoms with E-state index in [1.54, 1.807) is 0 Å². The van der Waals surface area contributed by atoms with Crippen molar-refractivity contribution < 1.29 is 0 Å². The SMILES string of the molecule is C[Si](C)(C)C(c1cc(C([Si](C)(C)C)([Si](C)(C)C)[Si](C)(C)C)cc(C([Si](C)(C)C)[Si](C)(C)C)[c]1[Ge]1([Br])[CH]=CC2=CC=CC=C[CH]21)[Si](C)(C)C. The molecule has 0 radical (unpaired) electrons. The van der Waals surface area contributed by atoms with Crippen LogP contribution in [0.3, 0.4) is 0 Å². The van der Waals surface area contributed by atoms with Crippen LogP contribution >= 0.6 is 14.0 Å². The molecule has 0 N–H and O–H groups in total. The van der Waals surface area contributed by atoms with Crippen molar-refractivity contribution in [2.45, 2.75) is 157 Å². The zero-order valence-corrected chi connectivity index (χ0v) is 46.0. The van der Waals surface area contributed by atoms with E-state index in [2.05, 4.69) is 191 Å². The van der Waals surface area contributed by atoms with E-state index in [-0.39, 0.29) is 0 Å². The van der Waals surface area contributed by atoms with Crippen LogP contribution < -0.4 is 4.40 Å². The molecule has 1 aromatic carbocycles. The van der Waals surface area contributed by atoms with Crippen LogP contribution in [-0.2, 0) is 4.28 Å². The molecule has 0 fully saturated rings. The van der Waals surface area contributed by atoms with Crippen LogP contribution in [0.2, 0.25) is 142 Å². The van der Waals surface area contributed by atoms with E-state index >= 15 is 0 Å². The molecule has 0 bridgehead atoms. The summed E-state index contributed by atoms with van der Waals surface area (Å²) < 4.78 is 2.71. The molecule has 0 amide bonds. The molecule has 48 heavy (non-hydrogen) atoms. The Morgan fingerprint density at radius 3 is 1.27 bits per heavy atom. The van der Waals surface area contributed by atoms with Crippen molar-refractivity contribution in [1.29, 1.82) is 0 Å². The molecule has 0 aromatic heterocycles. The Balaban J connectivity index is 2.88. The third-order valence-electron chi connectivity index (χ3n) is 11.6. The van der Waals surface area contributed by atoms with Gasteiger partial charge in [0.15, 0.2) is 0 Å². The predicted octanol–water partition coefficient (Wildman–Crippen LogP) is 13.3. The number of rotatable bonds is 11. The van der Waals surface area contributed by atoms with Crippen LogP contribution in [0.4, 0.5) is 0 Å².